The van der Waals surface area contributed by atoms with Crippen molar-refractivity contribution < 1.29 is 9.90 Å². The van der Waals surface area contributed by atoms with Crippen LogP contribution in [0.4, 0.5) is 5.82 Å². The molecule has 1 aromatic carbocycles. The lowest BCUT2D eigenvalue weighted by atomic mass is 9.94. The maximum Gasteiger partial charge on any atom is 0.223 e. The van der Waals surface area contributed by atoms with E-state index in [-0.39, 0.29) is 17.6 Å². The zero-order valence-electron chi connectivity index (χ0n) is 18.2. The normalized spacial score (nSPS) is 21.3. The van der Waals surface area contributed by atoms with Gasteiger partial charge in [0.15, 0.2) is 0 Å². The van der Waals surface area contributed by atoms with Crippen molar-refractivity contribution in [3.05, 3.63) is 30.3 Å². The van der Waals surface area contributed by atoms with Crippen LogP contribution in [0.2, 0.25) is 0 Å². The molecular weight excluding hydrogens is 376 g/mol. The maximum atomic E-state index is 12.7. The van der Waals surface area contributed by atoms with E-state index >= 15 is 0 Å². The summed E-state index contributed by atoms with van der Waals surface area (Å²) in [6.07, 6.45) is 4.12. The van der Waals surface area contributed by atoms with E-state index < -0.39 is 0 Å². The van der Waals surface area contributed by atoms with Gasteiger partial charge in [-0.1, -0.05) is 12.1 Å². The highest BCUT2D eigenvalue weighted by atomic mass is 16.3. The molecule has 2 saturated heterocycles. The third-order valence-corrected chi connectivity index (χ3v) is 6.72. The SMILES string of the molecule is CC(C)N1CCCC(CNC(=O)C2CCN(c3ccc4cccc(O)c4n3)CC2)C1. The molecule has 0 radical (unpaired) electrons. The number of carbonyl (C=O) groups excluding carboxylic acids is 1. The zero-order valence-corrected chi connectivity index (χ0v) is 18.2. The predicted octanol–water partition coefficient (Wildman–Crippen LogP) is 3.39. The molecule has 0 saturated carbocycles. The van der Waals surface area contributed by atoms with E-state index in [9.17, 15) is 9.90 Å². The highest BCUT2D eigenvalue weighted by molar-refractivity contribution is 5.85. The molecule has 2 N–H and O–H groups in total. The molecule has 30 heavy (non-hydrogen) atoms. The van der Waals surface area contributed by atoms with Crippen LogP contribution >= 0.6 is 0 Å². The Labute approximate surface area is 179 Å². The van der Waals surface area contributed by atoms with Crippen molar-refractivity contribution in [2.75, 3.05) is 37.6 Å². The first kappa shape index (κ1) is 20.9. The monoisotopic (exact) mass is 410 g/mol. The molecule has 1 unspecified atom stereocenters. The summed E-state index contributed by atoms with van der Waals surface area (Å²) in [4.78, 5) is 22.1. The fraction of sp³-hybridized carbons (Fsp3) is 0.583. The van der Waals surface area contributed by atoms with Crippen molar-refractivity contribution in [1.29, 1.82) is 0 Å². The maximum absolute atomic E-state index is 12.7. The van der Waals surface area contributed by atoms with Crippen LogP contribution in [-0.2, 0) is 4.79 Å². The van der Waals surface area contributed by atoms with E-state index in [0.717, 1.165) is 50.2 Å². The molecule has 2 aliphatic heterocycles. The Hall–Kier alpha value is -2.34. The first-order valence-electron chi connectivity index (χ1n) is 11.4. The summed E-state index contributed by atoms with van der Waals surface area (Å²) in [5.41, 5.74) is 0.637. The van der Waals surface area contributed by atoms with Gasteiger partial charge in [0.1, 0.15) is 17.1 Å². The van der Waals surface area contributed by atoms with Gasteiger partial charge in [-0.3, -0.25) is 4.79 Å². The van der Waals surface area contributed by atoms with Crippen molar-refractivity contribution >= 4 is 22.6 Å². The second-order valence-corrected chi connectivity index (χ2v) is 9.12. The highest BCUT2D eigenvalue weighted by Gasteiger charge is 2.27. The number of fused-ring (bicyclic) bond motifs is 1. The van der Waals surface area contributed by atoms with E-state index in [1.807, 2.05) is 24.3 Å². The van der Waals surface area contributed by atoms with Gasteiger partial charge in [0, 0.05) is 43.5 Å². The van der Waals surface area contributed by atoms with Crippen molar-refractivity contribution in [2.45, 2.75) is 45.6 Å². The quantitative estimate of drug-likeness (QED) is 0.791. The molecule has 6 heteroatoms. The molecule has 1 aromatic heterocycles. The second kappa shape index (κ2) is 9.21. The van der Waals surface area contributed by atoms with Gasteiger partial charge in [0.2, 0.25) is 5.91 Å². The Bertz CT molecular complexity index is 877. The zero-order chi connectivity index (χ0) is 21.1. The van der Waals surface area contributed by atoms with Crippen LogP contribution < -0.4 is 10.2 Å². The summed E-state index contributed by atoms with van der Waals surface area (Å²) < 4.78 is 0. The lowest BCUT2D eigenvalue weighted by Gasteiger charge is -2.36. The lowest BCUT2D eigenvalue weighted by molar-refractivity contribution is -0.125. The minimum absolute atomic E-state index is 0.0832. The Morgan fingerprint density at radius 2 is 1.97 bits per heavy atom. The highest BCUT2D eigenvalue weighted by Crippen LogP contribution is 2.28. The number of pyridine rings is 1. The van der Waals surface area contributed by atoms with Crippen molar-refractivity contribution in [1.82, 2.24) is 15.2 Å². The summed E-state index contributed by atoms with van der Waals surface area (Å²) in [5, 5.41) is 14.3. The van der Waals surface area contributed by atoms with Gasteiger partial charge in [0.25, 0.3) is 0 Å². The predicted molar refractivity (Wildman–Crippen MR) is 121 cm³/mol. The Morgan fingerprint density at radius 1 is 1.17 bits per heavy atom. The first-order valence-corrected chi connectivity index (χ1v) is 11.4. The van der Waals surface area contributed by atoms with Crippen LogP contribution in [0.1, 0.15) is 39.5 Å². The number of likely N-dealkylation sites (tertiary alicyclic amines) is 1. The number of benzene rings is 1. The third kappa shape index (κ3) is 4.69. The molecule has 0 spiro atoms. The van der Waals surface area contributed by atoms with Gasteiger partial charge in [-0.2, -0.15) is 0 Å². The number of para-hydroxylation sites is 1. The van der Waals surface area contributed by atoms with E-state index in [4.69, 9.17) is 0 Å². The summed E-state index contributed by atoms with van der Waals surface area (Å²) >= 11 is 0. The number of phenolic OH excluding ortho intramolecular Hbond substituents is 1. The Morgan fingerprint density at radius 3 is 2.73 bits per heavy atom. The lowest BCUT2D eigenvalue weighted by Crippen LogP contribution is -2.46. The Balaban J connectivity index is 1.28. The second-order valence-electron chi connectivity index (χ2n) is 9.12. The van der Waals surface area contributed by atoms with Gasteiger partial charge in [0.05, 0.1) is 0 Å². The first-order chi connectivity index (χ1) is 14.5. The topological polar surface area (TPSA) is 68.7 Å². The van der Waals surface area contributed by atoms with E-state index in [0.29, 0.717) is 17.5 Å². The number of rotatable bonds is 5. The molecule has 1 atom stereocenters. The molecule has 162 valence electrons. The number of piperidine rings is 2. The Kier molecular flexibility index (Phi) is 6.42. The van der Waals surface area contributed by atoms with Crippen LogP contribution in [0.5, 0.6) is 5.75 Å². The number of nitrogens with zero attached hydrogens (tertiary/aromatic N) is 3. The van der Waals surface area contributed by atoms with Crippen molar-refractivity contribution in [3.8, 4) is 5.75 Å². The van der Waals surface area contributed by atoms with Gasteiger partial charge >= 0.3 is 0 Å². The number of aromatic nitrogens is 1. The van der Waals surface area contributed by atoms with Gasteiger partial charge < -0.3 is 20.2 Å². The number of carbonyl (C=O) groups is 1. The molecule has 0 bridgehead atoms. The van der Waals surface area contributed by atoms with Crippen LogP contribution in [-0.4, -0.2) is 59.7 Å². The summed E-state index contributed by atoms with van der Waals surface area (Å²) in [7, 11) is 0. The van der Waals surface area contributed by atoms with Crippen LogP contribution in [0, 0.1) is 11.8 Å². The molecule has 4 rings (SSSR count). The molecule has 0 aliphatic carbocycles. The average molecular weight is 411 g/mol. The number of hydrogen-bond donors (Lipinski definition) is 2. The van der Waals surface area contributed by atoms with Crippen molar-refractivity contribution in [3.63, 3.8) is 0 Å². The molecule has 2 aromatic rings. The van der Waals surface area contributed by atoms with E-state index in [1.165, 1.54) is 19.4 Å². The number of nitrogens with one attached hydrogen (secondary N) is 1. The number of hydrogen-bond acceptors (Lipinski definition) is 5. The number of aromatic hydroxyl groups is 1. The fourth-order valence-corrected chi connectivity index (χ4v) is 4.79. The molecule has 3 heterocycles. The molecule has 6 nitrogen and oxygen atoms in total. The standard InChI is InChI=1S/C24H34N4O2/c1-17(2)28-12-4-5-18(16-28)15-25-24(30)20-10-13-27(14-11-20)22-9-8-19-6-3-7-21(29)23(19)26-22/h3,6-9,17-18,20,29H,4-5,10-16H2,1-2H3,(H,25,30). The van der Waals surface area contributed by atoms with Gasteiger partial charge in [-0.25, -0.2) is 4.98 Å². The van der Waals surface area contributed by atoms with Crippen LogP contribution in [0.3, 0.4) is 0 Å². The molecular formula is C24H34N4O2. The number of amides is 1. The van der Waals surface area contributed by atoms with Gasteiger partial charge in [-0.15, -0.1) is 0 Å². The fourth-order valence-electron chi connectivity index (χ4n) is 4.79. The third-order valence-electron chi connectivity index (χ3n) is 6.72. The number of anilines is 1. The summed E-state index contributed by atoms with van der Waals surface area (Å²) in [6, 6.07) is 10.0. The molecule has 2 aliphatic rings. The molecule has 2 fully saturated rings. The van der Waals surface area contributed by atoms with Crippen LogP contribution in [0.15, 0.2) is 30.3 Å². The van der Waals surface area contributed by atoms with E-state index in [1.54, 1.807) is 6.07 Å². The summed E-state index contributed by atoms with van der Waals surface area (Å²) in [5.74, 6) is 1.95. The van der Waals surface area contributed by atoms with Crippen molar-refractivity contribution in [2.24, 2.45) is 11.8 Å². The smallest absolute Gasteiger partial charge is 0.223 e. The van der Waals surface area contributed by atoms with E-state index in [2.05, 4.69) is 33.9 Å². The number of phenols is 1. The minimum atomic E-state index is 0.0832. The van der Waals surface area contributed by atoms with Gasteiger partial charge in [-0.05, 0) is 70.2 Å². The van der Waals surface area contributed by atoms with Crippen LogP contribution in [0.25, 0.3) is 10.9 Å². The minimum Gasteiger partial charge on any atom is -0.506 e. The largest absolute Gasteiger partial charge is 0.506 e. The molecule has 1 amide bonds. The average Bonchev–Trinajstić information content (AvgIpc) is 2.78. The summed E-state index contributed by atoms with van der Waals surface area (Å²) in [6.45, 7) is 9.20.